The molecule has 7 heteroatoms. The van der Waals surface area contributed by atoms with Crippen LogP contribution in [0, 0.1) is 5.82 Å². The van der Waals surface area contributed by atoms with Gasteiger partial charge >= 0.3 is 0 Å². The largest absolute Gasteiger partial charge is 0.504 e. The van der Waals surface area contributed by atoms with E-state index in [0.717, 1.165) is 11.8 Å². The lowest BCUT2D eigenvalue weighted by atomic mass is 10.2. The lowest BCUT2D eigenvalue weighted by molar-refractivity contribution is -0.113. The van der Waals surface area contributed by atoms with Gasteiger partial charge in [0.1, 0.15) is 5.82 Å². The maximum Gasteiger partial charge on any atom is 0.270 e. The minimum Gasteiger partial charge on any atom is -0.504 e. The molecule has 23 heavy (non-hydrogen) atoms. The molecule has 116 valence electrons. The fourth-order valence-corrected chi connectivity index (χ4v) is 3.39. The summed E-state index contributed by atoms with van der Waals surface area (Å²) >= 11 is 6.29. The van der Waals surface area contributed by atoms with E-state index in [4.69, 9.17) is 12.2 Å². The van der Waals surface area contributed by atoms with Crippen LogP contribution in [-0.2, 0) is 4.79 Å². The van der Waals surface area contributed by atoms with Crippen LogP contribution >= 0.6 is 24.0 Å². The van der Waals surface area contributed by atoms with Gasteiger partial charge in [-0.25, -0.2) is 4.39 Å². The van der Waals surface area contributed by atoms with Crippen LogP contribution in [0.3, 0.4) is 0 Å². The van der Waals surface area contributed by atoms with Crippen LogP contribution in [0.2, 0.25) is 0 Å². The average molecular weight is 347 g/mol. The van der Waals surface area contributed by atoms with Crippen molar-refractivity contribution in [3.63, 3.8) is 0 Å². The number of thiocarbonyl (C=S) groups is 1. The molecule has 0 aromatic heterocycles. The molecular formula is C16H10FNO3S2. The Hall–Kier alpha value is -2.38. The van der Waals surface area contributed by atoms with Gasteiger partial charge < -0.3 is 10.2 Å². The molecule has 1 heterocycles. The molecule has 2 N–H and O–H groups in total. The summed E-state index contributed by atoms with van der Waals surface area (Å²) in [7, 11) is 0. The van der Waals surface area contributed by atoms with Gasteiger partial charge in [-0.05, 0) is 42.0 Å². The molecule has 1 saturated heterocycles. The minimum absolute atomic E-state index is 0.241. The predicted molar refractivity (Wildman–Crippen MR) is 91.8 cm³/mol. The molecule has 4 nitrogen and oxygen atoms in total. The molecule has 0 bridgehead atoms. The normalized spacial score (nSPS) is 16.4. The third kappa shape index (κ3) is 3.06. The summed E-state index contributed by atoms with van der Waals surface area (Å²) in [5.41, 5.74) is 0.907. The highest BCUT2D eigenvalue weighted by molar-refractivity contribution is 8.27. The Morgan fingerprint density at radius 1 is 1.13 bits per heavy atom. The molecule has 2 aromatic rings. The highest BCUT2D eigenvalue weighted by Gasteiger charge is 2.33. The van der Waals surface area contributed by atoms with Crippen molar-refractivity contribution >= 4 is 46.0 Å². The number of amides is 1. The maximum atomic E-state index is 13.3. The third-order valence-corrected chi connectivity index (χ3v) is 4.46. The number of benzene rings is 2. The Labute approximate surface area is 140 Å². The molecule has 0 aliphatic carbocycles. The maximum absolute atomic E-state index is 13.3. The number of carbonyl (C=O) groups excluding carboxylic acids is 1. The summed E-state index contributed by atoms with van der Waals surface area (Å²) in [4.78, 5) is 14.1. The number of thioether (sulfide) groups is 1. The second-order valence-electron chi connectivity index (χ2n) is 4.75. The van der Waals surface area contributed by atoms with Crippen molar-refractivity contribution in [3.8, 4) is 11.5 Å². The standard InChI is InChI=1S/C16H10FNO3S2/c17-10-2-1-3-11(8-10)18-15(21)14(23-16(18)22)7-9-4-5-12(19)13(20)6-9/h1-8,19-20H. The first-order valence-corrected chi connectivity index (χ1v) is 7.74. The van der Waals surface area contributed by atoms with E-state index >= 15 is 0 Å². The van der Waals surface area contributed by atoms with E-state index in [1.54, 1.807) is 18.2 Å². The number of rotatable bonds is 2. The van der Waals surface area contributed by atoms with Gasteiger partial charge in [-0.1, -0.05) is 36.1 Å². The number of hydrogen-bond acceptors (Lipinski definition) is 5. The highest BCUT2D eigenvalue weighted by Crippen LogP contribution is 2.37. The topological polar surface area (TPSA) is 60.8 Å². The van der Waals surface area contributed by atoms with Gasteiger partial charge in [-0.2, -0.15) is 0 Å². The van der Waals surface area contributed by atoms with Gasteiger partial charge in [0.15, 0.2) is 15.8 Å². The van der Waals surface area contributed by atoms with E-state index in [2.05, 4.69) is 0 Å². The van der Waals surface area contributed by atoms with Gasteiger partial charge in [0.05, 0.1) is 10.6 Å². The van der Waals surface area contributed by atoms with Crippen LogP contribution in [0.5, 0.6) is 11.5 Å². The molecule has 1 aliphatic rings. The van der Waals surface area contributed by atoms with Crippen LogP contribution in [0.25, 0.3) is 6.08 Å². The van der Waals surface area contributed by atoms with Crippen LogP contribution in [0.4, 0.5) is 10.1 Å². The van der Waals surface area contributed by atoms with E-state index in [9.17, 15) is 19.4 Å². The molecule has 0 saturated carbocycles. The molecule has 0 radical (unpaired) electrons. The Morgan fingerprint density at radius 2 is 1.91 bits per heavy atom. The number of aromatic hydroxyl groups is 2. The fraction of sp³-hybridized carbons (Fsp3) is 0. The van der Waals surface area contributed by atoms with Gasteiger partial charge in [0.2, 0.25) is 0 Å². The molecule has 3 rings (SSSR count). The van der Waals surface area contributed by atoms with Crippen molar-refractivity contribution in [2.45, 2.75) is 0 Å². The summed E-state index contributed by atoms with van der Waals surface area (Å²) in [5.74, 6) is -1.34. The van der Waals surface area contributed by atoms with Crippen molar-refractivity contribution in [2.24, 2.45) is 0 Å². The van der Waals surface area contributed by atoms with E-state index in [1.807, 2.05) is 0 Å². The number of phenols is 2. The first-order chi connectivity index (χ1) is 11.0. The van der Waals surface area contributed by atoms with Gasteiger partial charge in [-0.3, -0.25) is 9.69 Å². The Balaban J connectivity index is 1.94. The lowest BCUT2D eigenvalue weighted by Crippen LogP contribution is -2.27. The number of carbonyl (C=O) groups is 1. The monoisotopic (exact) mass is 347 g/mol. The SMILES string of the molecule is O=C1C(=Cc2ccc(O)c(O)c2)SC(=S)N1c1cccc(F)c1. The third-order valence-electron chi connectivity index (χ3n) is 3.16. The molecule has 1 fully saturated rings. The zero-order valence-corrected chi connectivity index (χ0v) is 13.2. The smallest absolute Gasteiger partial charge is 0.270 e. The minimum atomic E-state index is -0.455. The van der Waals surface area contributed by atoms with Crippen molar-refractivity contribution in [2.75, 3.05) is 4.90 Å². The molecule has 0 spiro atoms. The van der Waals surface area contributed by atoms with E-state index in [-0.39, 0.29) is 17.4 Å². The summed E-state index contributed by atoms with van der Waals surface area (Å²) in [5, 5.41) is 18.8. The van der Waals surface area contributed by atoms with E-state index < -0.39 is 5.82 Å². The Kier molecular flexibility index (Phi) is 4.06. The summed E-state index contributed by atoms with van der Waals surface area (Å²) in [6.45, 7) is 0. The van der Waals surface area contributed by atoms with Crippen LogP contribution in [0.1, 0.15) is 5.56 Å². The zero-order chi connectivity index (χ0) is 16.6. The van der Waals surface area contributed by atoms with Crippen molar-refractivity contribution in [3.05, 3.63) is 58.8 Å². The van der Waals surface area contributed by atoms with E-state index in [0.29, 0.717) is 20.5 Å². The zero-order valence-electron chi connectivity index (χ0n) is 11.6. The van der Waals surface area contributed by atoms with Crippen LogP contribution < -0.4 is 4.90 Å². The summed E-state index contributed by atoms with van der Waals surface area (Å²) < 4.78 is 13.6. The number of anilines is 1. The highest BCUT2D eigenvalue weighted by atomic mass is 32.2. The number of phenolic OH excluding ortho intramolecular Hbond substituents is 2. The fourth-order valence-electron chi connectivity index (χ4n) is 2.09. The van der Waals surface area contributed by atoms with Crippen molar-refractivity contribution in [1.82, 2.24) is 0 Å². The van der Waals surface area contributed by atoms with Gasteiger partial charge in [0.25, 0.3) is 5.91 Å². The molecular weight excluding hydrogens is 337 g/mol. The summed E-state index contributed by atoms with van der Waals surface area (Å²) in [6.07, 6.45) is 1.55. The number of halogens is 1. The Bertz CT molecular complexity index is 851. The first kappa shape index (κ1) is 15.5. The molecule has 0 atom stereocenters. The predicted octanol–water partition coefficient (Wildman–Crippen LogP) is 3.64. The molecule has 0 unspecified atom stereocenters. The summed E-state index contributed by atoms with van der Waals surface area (Å²) in [6, 6.07) is 9.85. The van der Waals surface area contributed by atoms with Crippen molar-refractivity contribution in [1.29, 1.82) is 0 Å². The molecule has 2 aromatic carbocycles. The Morgan fingerprint density at radius 3 is 2.61 bits per heavy atom. The quantitative estimate of drug-likeness (QED) is 0.493. The molecule has 1 aliphatic heterocycles. The van der Waals surface area contributed by atoms with E-state index in [1.165, 1.54) is 35.2 Å². The van der Waals surface area contributed by atoms with Crippen molar-refractivity contribution < 1.29 is 19.4 Å². The number of nitrogens with zero attached hydrogens (tertiary/aromatic N) is 1. The number of hydrogen-bond donors (Lipinski definition) is 2. The van der Waals surface area contributed by atoms with Crippen LogP contribution in [-0.4, -0.2) is 20.4 Å². The van der Waals surface area contributed by atoms with Gasteiger partial charge in [0, 0.05) is 0 Å². The second-order valence-corrected chi connectivity index (χ2v) is 6.42. The average Bonchev–Trinajstić information content (AvgIpc) is 2.77. The lowest BCUT2D eigenvalue weighted by Gasteiger charge is -2.14. The van der Waals surface area contributed by atoms with Crippen LogP contribution in [0.15, 0.2) is 47.4 Å². The second kappa shape index (κ2) is 6.02. The molecule has 1 amide bonds. The first-order valence-electron chi connectivity index (χ1n) is 6.51. The van der Waals surface area contributed by atoms with Gasteiger partial charge in [-0.15, -0.1) is 0 Å².